The van der Waals surface area contributed by atoms with Gasteiger partial charge in [-0.15, -0.1) is 0 Å². The van der Waals surface area contributed by atoms with E-state index >= 15 is 0 Å². The number of hydrogen-bond acceptors (Lipinski definition) is 4. The molecule has 0 spiro atoms. The van der Waals surface area contributed by atoms with Gasteiger partial charge in [-0.25, -0.2) is 0 Å². The number of aliphatic carboxylic acids is 1. The molecule has 6 nitrogen and oxygen atoms in total. The standard InChI is InChI=1S/C23H29NO5/c1-6-28-19-13-10-17(14-20(19)29-7-2)23(4,5)22(27)24-18-11-8-16(9-12-18)15(3)21(25)26/h8-15H,6-7H2,1-5H3,(H,24,27)(H,25,26). The van der Waals surface area contributed by atoms with Gasteiger partial charge in [-0.05, 0) is 70.0 Å². The van der Waals surface area contributed by atoms with Crippen molar-refractivity contribution in [1.29, 1.82) is 0 Å². The number of carboxylic acids is 1. The number of amides is 1. The Balaban J connectivity index is 2.21. The average Bonchev–Trinajstić information content (AvgIpc) is 2.69. The zero-order valence-electron chi connectivity index (χ0n) is 17.6. The molecule has 156 valence electrons. The van der Waals surface area contributed by atoms with Gasteiger partial charge in [0.2, 0.25) is 5.91 Å². The fourth-order valence-corrected chi connectivity index (χ4v) is 2.86. The number of carbonyl (C=O) groups excluding carboxylic acids is 1. The first-order valence-electron chi connectivity index (χ1n) is 9.75. The van der Waals surface area contributed by atoms with Crippen LogP contribution >= 0.6 is 0 Å². The van der Waals surface area contributed by atoms with Crippen LogP contribution in [-0.4, -0.2) is 30.2 Å². The fourth-order valence-electron chi connectivity index (χ4n) is 2.86. The number of rotatable bonds is 9. The van der Waals surface area contributed by atoms with Crippen LogP contribution in [0, 0.1) is 0 Å². The molecule has 0 saturated carbocycles. The summed E-state index contributed by atoms with van der Waals surface area (Å²) in [4.78, 5) is 24.1. The molecule has 6 heteroatoms. The molecule has 2 N–H and O–H groups in total. The van der Waals surface area contributed by atoms with Gasteiger partial charge in [0.25, 0.3) is 0 Å². The molecule has 0 bridgehead atoms. The Kier molecular flexibility index (Phi) is 7.26. The number of benzene rings is 2. The zero-order valence-corrected chi connectivity index (χ0v) is 17.6. The lowest BCUT2D eigenvalue weighted by Crippen LogP contribution is -2.34. The van der Waals surface area contributed by atoms with Crippen molar-refractivity contribution in [2.45, 2.75) is 46.0 Å². The zero-order chi connectivity index (χ0) is 21.6. The largest absolute Gasteiger partial charge is 0.490 e. The summed E-state index contributed by atoms with van der Waals surface area (Å²) in [5.41, 5.74) is 1.28. The summed E-state index contributed by atoms with van der Waals surface area (Å²) in [5.74, 6) is -0.402. The monoisotopic (exact) mass is 399 g/mol. The summed E-state index contributed by atoms with van der Waals surface area (Å²) in [6.45, 7) is 10.1. The van der Waals surface area contributed by atoms with E-state index in [4.69, 9.17) is 14.6 Å². The van der Waals surface area contributed by atoms with Crippen LogP contribution in [0.4, 0.5) is 5.69 Å². The van der Waals surface area contributed by atoms with E-state index in [9.17, 15) is 9.59 Å². The second-order valence-corrected chi connectivity index (χ2v) is 7.29. The molecule has 29 heavy (non-hydrogen) atoms. The predicted octanol–water partition coefficient (Wildman–Crippen LogP) is 4.59. The molecule has 0 aliphatic carbocycles. The van der Waals surface area contributed by atoms with Crippen molar-refractivity contribution in [3.05, 3.63) is 53.6 Å². The van der Waals surface area contributed by atoms with E-state index in [2.05, 4.69) is 5.32 Å². The third-order valence-electron chi connectivity index (χ3n) is 4.87. The molecule has 0 radical (unpaired) electrons. The molecule has 0 fully saturated rings. The van der Waals surface area contributed by atoms with E-state index in [0.717, 1.165) is 5.56 Å². The van der Waals surface area contributed by atoms with Gasteiger partial charge in [-0.3, -0.25) is 9.59 Å². The third-order valence-corrected chi connectivity index (χ3v) is 4.87. The highest BCUT2D eigenvalue weighted by Gasteiger charge is 2.31. The first-order chi connectivity index (χ1) is 13.7. The highest BCUT2D eigenvalue weighted by molar-refractivity contribution is 5.98. The predicted molar refractivity (Wildman–Crippen MR) is 113 cm³/mol. The summed E-state index contributed by atoms with van der Waals surface area (Å²) in [6, 6.07) is 12.4. The van der Waals surface area contributed by atoms with Crippen molar-refractivity contribution in [2.24, 2.45) is 0 Å². The molecule has 0 aromatic heterocycles. The van der Waals surface area contributed by atoms with Crippen molar-refractivity contribution in [3.63, 3.8) is 0 Å². The van der Waals surface area contributed by atoms with Crippen molar-refractivity contribution in [2.75, 3.05) is 18.5 Å². The number of carboxylic acid groups (broad SMARTS) is 1. The molecule has 0 heterocycles. The first-order valence-corrected chi connectivity index (χ1v) is 9.75. The number of nitrogens with one attached hydrogen (secondary N) is 1. The lowest BCUT2D eigenvalue weighted by atomic mass is 9.83. The normalized spacial score (nSPS) is 12.2. The van der Waals surface area contributed by atoms with E-state index in [1.165, 1.54) is 0 Å². The van der Waals surface area contributed by atoms with Crippen LogP contribution in [0.5, 0.6) is 11.5 Å². The quantitative estimate of drug-likeness (QED) is 0.644. The highest BCUT2D eigenvalue weighted by Crippen LogP contribution is 2.34. The maximum atomic E-state index is 13.0. The van der Waals surface area contributed by atoms with Gasteiger partial charge in [-0.1, -0.05) is 18.2 Å². The van der Waals surface area contributed by atoms with Crippen LogP contribution in [0.15, 0.2) is 42.5 Å². The number of anilines is 1. The molecule has 2 aromatic rings. The smallest absolute Gasteiger partial charge is 0.310 e. The molecular weight excluding hydrogens is 370 g/mol. The molecule has 0 saturated heterocycles. The van der Waals surface area contributed by atoms with E-state index in [0.29, 0.717) is 36.0 Å². The topological polar surface area (TPSA) is 84.9 Å². The van der Waals surface area contributed by atoms with E-state index in [1.54, 1.807) is 31.2 Å². The second kappa shape index (κ2) is 9.45. The molecule has 1 atom stereocenters. The first kappa shape index (κ1) is 22.3. The summed E-state index contributed by atoms with van der Waals surface area (Å²) in [6.07, 6.45) is 0. The minimum absolute atomic E-state index is 0.178. The van der Waals surface area contributed by atoms with Gasteiger partial charge >= 0.3 is 5.97 Å². The minimum Gasteiger partial charge on any atom is -0.490 e. The summed E-state index contributed by atoms with van der Waals surface area (Å²) in [5, 5.41) is 12.0. The maximum Gasteiger partial charge on any atom is 0.310 e. The lowest BCUT2D eigenvalue weighted by Gasteiger charge is -2.25. The van der Waals surface area contributed by atoms with E-state index in [1.807, 2.05) is 45.9 Å². The summed E-state index contributed by atoms with van der Waals surface area (Å²) in [7, 11) is 0. The molecular formula is C23H29NO5. The van der Waals surface area contributed by atoms with Gasteiger partial charge in [0.15, 0.2) is 11.5 Å². The Morgan fingerprint density at radius 3 is 2.14 bits per heavy atom. The van der Waals surface area contributed by atoms with Crippen molar-refractivity contribution in [1.82, 2.24) is 0 Å². The Labute approximate surface area is 171 Å². The van der Waals surface area contributed by atoms with Crippen molar-refractivity contribution < 1.29 is 24.2 Å². The van der Waals surface area contributed by atoms with Gasteiger partial charge in [-0.2, -0.15) is 0 Å². The molecule has 2 aromatic carbocycles. The molecule has 1 amide bonds. The van der Waals surface area contributed by atoms with E-state index in [-0.39, 0.29) is 5.91 Å². The molecule has 0 aliphatic heterocycles. The van der Waals surface area contributed by atoms with Gasteiger partial charge in [0, 0.05) is 5.69 Å². The fraction of sp³-hybridized carbons (Fsp3) is 0.391. The summed E-state index contributed by atoms with van der Waals surface area (Å²) < 4.78 is 11.3. The SMILES string of the molecule is CCOc1ccc(C(C)(C)C(=O)Nc2ccc(C(C)C(=O)O)cc2)cc1OCC. The molecule has 1 unspecified atom stereocenters. The van der Waals surface area contributed by atoms with Crippen LogP contribution in [0.3, 0.4) is 0 Å². The Hall–Kier alpha value is -3.02. The molecule has 2 rings (SSSR count). The number of carbonyl (C=O) groups is 2. The summed E-state index contributed by atoms with van der Waals surface area (Å²) >= 11 is 0. The number of hydrogen-bond donors (Lipinski definition) is 2. The van der Waals surface area contributed by atoms with Gasteiger partial charge in [0.05, 0.1) is 24.5 Å². The Morgan fingerprint density at radius 1 is 1.00 bits per heavy atom. The second-order valence-electron chi connectivity index (χ2n) is 7.29. The Morgan fingerprint density at radius 2 is 1.59 bits per heavy atom. The number of ether oxygens (including phenoxy) is 2. The van der Waals surface area contributed by atoms with Crippen LogP contribution < -0.4 is 14.8 Å². The van der Waals surface area contributed by atoms with Gasteiger partial charge in [0.1, 0.15) is 0 Å². The van der Waals surface area contributed by atoms with Crippen LogP contribution in [0.2, 0.25) is 0 Å². The Bertz CT molecular complexity index is 858. The molecule has 0 aliphatic rings. The van der Waals surface area contributed by atoms with Crippen LogP contribution in [-0.2, 0) is 15.0 Å². The highest BCUT2D eigenvalue weighted by atomic mass is 16.5. The van der Waals surface area contributed by atoms with E-state index < -0.39 is 17.3 Å². The van der Waals surface area contributed by atoms with Crippen molar-refractivity contribution >= 4 is 17.6 Å². The minimum atomic E-state index is -0.886. The maximum absolute atomic E-state index is 13.0. The van der Waals surface area contributed by atoms with Crippen LogP contribution in [0.1, 0.15) is 51.7 Å². The lowest BCUT2D eigenvalue weighted by molar-refractivity contribution is -0.138. The average molecular weight is 399 g/mol. The van der Waals surface area contributed by atoms with Crippen LogP contribution in [0.25, 0.3) is 0 Å². The third kappa shape index (κ3) is 5.28. The van der Waals surface area contributed by atoms with Crippen molar-refractivity contribution in [3.8, 4) is 11.5 Å². The van der Waals surface area contributed by atoms with Gasteiger partial charge < -0.3 is 19.9 Å².